The van der Waals surface area contributed by atoms with Crippen molar-refractivity contribution in [3.63, 3.8) is 0 Å². The average molecular weight is 241 g/mol. The molecule has 0 aliphatic carbocycles. The van der Waals surface area contributed by atoms with Gasteiger partial charge in [0.1, 0.15) is 5.69 Å². The molecule has 1 heterocycles. The van der Waals surface area contributed by atoms with E-state index in [0.717, 1.165) is 6.07 Å². The van der Waals surface area contributed by atoms with Crippen LogP contribution in [-0.2, 0) is 0 Å². The van der Waals surface area contributed by atoms with Gasteiger partial charge in [-0.05, 0) is 13.3 Å². The SMILES string of the molecule is CCC(C)(O)CNC(=O)c1cc(=O)[nH]c(=O)[nH]1. The van der Waals surface area contributed by atoms with E-state index in [1.165, 1.54) is 0 Å². The summed E-state index contributed by atoms with van der Waals surface area (Å²) in [5.74, 6) is -0.609. The number of rotatable bonds is 4. The summed E-state index contributed by atoms with van der Waals surface area (Å²) in [5, 5.41) is 12.1. The fourth-order valence-corrected chi connectivity index (χ4v) is 1.08. The first-order chi connectivity index (χ1) is 7.84. The number of aromatic amines is 2. The van der Waals surface area contributed by atoms with Crippen molar-refractivity contribution in [2.75, 3.05) is 6.54 Å². The minimum absolute atomic E-state index is 0.0389. The van der Waals surface area contributed by atoms with Crippen LogP contribution in [0.2, 0.25) is 0 Å². The van der Waals surface area contributed by atoms with Crippen LogP contribution in [0, 0.1) is 0 Å². The van der Waals surface area contributed by atoms with Crippen LogP contribution < -0.4 is 16.6 Å². The van der Waals surface area contributed by atoms with E-state index >= 15 is 0 Å². The molecular formula is C10H15N3O4. The second-order valence-electron chi connectivity index (χ2n) is 4.03. The molecule has 0 aromatic carbocycles. The van der Waals surface area contributed by atoms with Gasteiger partial charge in [0.25, 0.3) is 11.5 Å². The van der Waals surface area contributed by atoms with E-state index in [1.807, 2.05) is 4.98 Å². The monoisotopic (exact) mass is 241 g/mol. The van der Waals surface area contributed by atoms with Gasteiger partial charge in [0.2, 0.25) is 0 Å². The molecule has 7 nitrogen and oxygen atoms in total. The second-order valence-corrected chi connectivity index (χ2v) is 4.03. The molecule has 1 atom stereocenters. The Kier molecular flexibility index (Phi) is 3.84. The summed E-state index contributed by atoms with van der Waals surface area (Å²) in [7, 11) is 0. The second kappa shape index (κ2) is 4.96. The summed E-state index contributed by atoms with van der Waals surface area (Å²) >= 11 is 0. The summed E-state index contributed by atoms with van der Waals surface area (Å²) < 4.78 is 0. The number of carbonyl (C=O) groups excluding carboxylic acids is 1. The van der Waals surface area contributed by atoms with Gasteiger partial charge in [-0.15, -0.1) is 0 Å². The van der Waals surface area contributed by atoms with Gasteiger partial charge in [-0.25, -0.2) is 4.79 Å². The summed E-state index contributed by atoms with van der Waals surface area (Å²) in [6, 6.07) is 0.984. The van der Waals surface area contributed by atoms with Gasteiger partial charge in [-0.3, -0.25) is 14.6 Å². The molecule has 1 unspecified atom stereocenters. The summed E-state index contributed by atoms with van der Waals surface area (Å²) in [4.78, 5) is 37.6. The summed E-state index contributed by atoms with van der Waals surface area (Å²) in [6.07, 6.45) is 0.471. The quantitative estimate of drug-likeness (QED) is 0.538. The Labute approximate surface area is 96.9 Å². The third-order valence-electron chi connectivity index (χ3n) is 2.40. The van der Waals surface area contributed by atoms with Crippen molar-refractivity contribution >= 4 is 5.91 Å². The van der Waals surface area contributed by atoms with Crippen LogP contribution in [-0.4, -0.2) is 33.1 Å². The molecule has 0 radical (unpaired) electrons. The highest BCUT2D eigenvalue weighted by atomic mass is 16.3. The smallest absolute Gasteiger partial charge is 0.326 e. The maximum Gasteiger partial charge on any atom is 0.326 e. The number of aromatic nitrogens is 2. The van der Waals surface area contributed by atoms with Crippen LogP contribution in [0.15, 0.2) is 15.7 Å². The molecule has 1 amide bonds. The maximum absolute atomic E-state index is 11.6. The third kappa shape index (κ3) is 3.87. The van der Waals surface area contributed by atoms with Crippen molar-refractivity contribution in [1.82, 2.24) is 15.3 Å². The van der Waals surface area contributed by atoms with Crippen LogP contribution in [0.3, 0.4) is 0 Å². The van der Waals surface area contributed by atoms with Crippen LogP contribution in [0.5, 0.6) is 0 Å². The summed E-state index contributed by atoms with van der Waals surface area (Å²) in [6.45, 7) is 3.40. The van der Waals surface area contributed by atoms with E-state index in [9.17, 15) is 19.5 Å². The highest BCUT2D eigenvalue weighted by molar-refractivity contribution is 5.92. The van der Waals surface area contributed by atoms with E-state index in [1.54, 1.807) is 13.8 Å². The Balaban J connectivity index is 2.77. The standard InChI is InChI=1S/C10H15N3O4/c1-3-10(2,17)5-11-8(15)6-4-7(14)13-9(16)12-6/h4,17H,3,5H2,1-2H3,(H,11,15)(H2,12,13,14,16). The molecule has 1 aromatic heterocycles. The zero-order valence-electron chi connectivity index (χ0n) is 9.66. The predicted molar refractivity (Wildman–Crippen MR) is 60.9 cm³/mol. The Morgan fingerprint density at radius 1 is 1.47 bits per heavy atom. The van der Waals surface area contributed by atoms with Crippen molar-refractivity contribution in [1.29, 1.82) is 0 Å². The van der Waals surface area contributed by atoms with Crippen LogP contribution in [0.1, 0.15) is 30.8 Å². The fraction of sp³-hybridized carbons (Fsp3) is 0.500. The predicted octanol–water partition coefficient (Wildman–Crippen LogP) is -1.05. The topological polar surface area (TPSA) is 115 Å². The number of hydrogen-bond donors (Lipinski definition) is 4. The number of hydrogen-bond acceptors (Lipinski definition) is 4. The third-order valence-corrected chi connectivity index (χ3v) is 2.40. The Morgan fingerprint density at radius 2 is 2.12 bits per heavy atom. The Hall–Kier alpha value is -1.89. The minimum atomic E-state index is -1.02. The van der Waals surface area contributed by atoms with Crippen LogP contribution >= 0.6 is 0 Å². The first-order valence-electron chi connectivity index (χ1n) is 5.18. The molecule has 1 rings (SSSR count). The van der Waals surface area contributed by atoms with Gasteiger partial charge >= 0.3 is 5.69 Å². The molecular weight excluding hydrogens is 226 g/mol. The number of aliphatic hydroxyl groups is 1. The highest BCUT2D eigenvalue weighted by Crippen LogP contribution is 2.05. The molecule has 0 fully saturated rings. The lowest BCUT2D eigenvalue weighted by molar-refractivity contribution is 0.0517. The van der Waals surface area contributed by atoms with Gasteiger partial charge in [0, 0.05) is 12.6 Å². The largest absolute Gasteiger partial charge is 0.388 e. The number of carbonyl (C=O) groups is 1. The van der Waals surface area contributed by atoms with Gasteiger partial charge < -0.3 is 15.4 Å². The number of amides is 1. The van der Waals surface area contributed by atoms with E-state index in [4.69, 9.17) is 0 Å². The molecule has 1 aromatic rings. The van der Waals surface area contributed by atoms with E-state index in [-0.39, 0.29) is 12.2 Å². The lowest BCUT2D eigenvalue weighted by Crippen LogP contribution is -2.41. The van der Waals surface area contributed by atoms with Gasteiger partial charge in [0.15, 0.2) is 0 Å². The lowest BCUT2D eigenvalue weighted by Gasteiger charge is -2.21. The fourth-order valence-electron chi connectivity index (χ4n) is 1.08. The number of nitrogens with one attached hydrogen (secondary N) is 3. The minimum Gasteiger partial charge on any atom is -0.388 e. The van der Waals surface area contributed by atoms with Crippen LogP contribution in [0.25, 0.3) is 0 Å². The maximum atomic E-state index is 11.6. The molecule has 0 saturated heterocycles. The van der Waals surface area contributed by atoms with Crippen LogP contribution in [0.4, 0.5) is 0 Å². The molecule has 4 N–H and O–H groups in total. The Morgan fingerprint density at radius 3 is 2.65 bits per heavy atom. The molecule has 0 spiro atoms. The zero-order valence-corrected chi connectivity index (χ0v) is 9.66. The molecule has 0 saturated carbocycles. The van der Waals surface area contributed by atoms with Crippen molar-refractivity contribution in [2.24, 2.45) is 0 Å². The van der Waals surface area contributed by atoms with E-state index in [2.05, 4.69) is 10.3 Å². The van der Waals surface area contributed by atoms with Crippen molar-refractivity contribution < 1.29 is 9.90 Å². The molecule has 0 aliphatic rings. The molecule has 0 aliphatic heterocycles. The molecule has 0 bridgehead atoms. The number of H-pyrrole nitrogens is 2. The lowest BCUT2D eigenvalue weighted by atomic mass is 10.0. The average Bonchev–Trinajstić information content (AvgIpc) is 2.24. The highest BCUT2D eigenvalue weighted by Gasteiger charge is 2.19. The molecule has 7 heteroatoms. The normalized spacial score (nSPS) is 14.1. The van der Waals surface area contributed by atoms with Crippen molar-refractivity contribution in [3.8, 4) is 0 Å². The van der Waals surface area contributed by atoms with E-state index < -0.39 is 22.8 Å². The molecule has 17 heavy (non-hydrogen) atoms. The zero-order chi connectivity index (χ0) is 13.1. The van der Waals surface area contributed by atoms with Crippen molar-refractivity contribution in [3.05, 3.63) is 32.6 Å². The van der Waals surface area contributed by atoms with Gasteiger partial charge in [-0.1, -0.05) is 6.92 Å². The first-order valence-corrected chi connectivity index (χ1v) is 5.18. The molecule has 94 valence electrons. The van der Waals surface area contributed by atoms with Crippen molar-refractivity contribution in [2.45, 2.75) is 25.9 Å². The summed E-state index contributed by atoms with van der Waals surface area (Å²) in [5.41, 5.74) is -2.55. The Bertz CT molecular complexity index is 487. The van der Waals surface area contributed by atoms with E-state index in [0.29, 0.717) is 6.42 Å². The van der Waals surface area contributed by atoms with Gasteiger partial charge in [0.05, 0.1) is 5.60 Å². The van der Waals surface area contributed by atoms with Gasteiger partial charge in [-0.2, -0.15) is 0 Å². The first kappa shape index (κ1) is 13.2.